The second kappa shape index (κ2) is 12.4. The van der Waals surface area contributed by atoms with Crippen LogP contribution in [-0.2, 0) is 14.3 Å². The molecule has 0 radical (unpaired) electrons. The summed E-state index contributed by atoms with van der Waals surface area (Å²) in [5.74, 6) is -1.17. The van der Waals surface area contributed by atoms with Gasteiger partial charge in [-0.25, -0.2) is 0 Å². The quantitative estimate of drug-likeness (QED) is 0.247. The minimum Gasteiger partial charge on any atom is -0.457 e. The number of carbonyl (C=O) groups is 3. The molecule has 3 aromatic carbocycles. The lowest BCUT2D eigenvalue weighted by Crippen LogP contribution is -2.15. The zero-order valence-electron chi connectivity index (χ0n) is 17.6. The maximum Gasteiger partial charge on any atom is 0.306 e. The number of carbonyl (C=O) groups excluding carboxylic acids is 3. The van der Waals surface area contributed by atoms with Crippen molar-refractivity contribution in [3.8, 4) is 0 Å². The predicted molar refractivity (Wildman–Crippen MR) is 131 cm³/mol. The number of Topliss-reactive ketones (excluding diaryl/α,β-unsaturated/α-hetero) is 1. The molecule has 0 spiro atoms. The van der Waals surface area contributed by atoms with Crippen molar-refractivity contribution in [2.45, 2.75) is 29.1 Å². The average Bonchev–Trinajstić information content (AvgIpc) is 2.79. The Morgan fingerprint density at radius 1 is 0.848 bits per heavy atom. The van der Waals surface area contributed by atoms with Gasteiger partial charge in [-0.2, -0.15) is 0 Å². The van der Waals surface area contributed by atoms with Crippen LogP contribution in [-0.4, -0.2) is 24.3 Å². The van der Waals surface area contributed by atoms with Crippen molar-refractivity contribution < 1.29 is 19.1 Å². The highest BCUT2D eigenvalue weighted by Crippen LogP contribution is 2.28. The minimum absolute atomic E-state index is 0.0295. The Hall–Kier alpha value is -2.80. The second-order valence-electron chi connectivity index (χ2n) is 7.05. The number of hydrogen-bond donors (Lipinski definition) is 1. The first-order chi connectivity index (χ1) is 15.9. The van der Waals surface area contributed by atoms with Gasteiger partial charge in [-0.1, -0.05) is 53.2 Å². The monoisotopic (exact) mass is 501 g/mol. The van der Waals surface area contributed by atoms with Gasteiger partial charge >= 0.3 is 5.97 Å². The molecule has 170 valence electrons. The molecule has 3 aromatic rings. The number of halogens is 2. The van der Waals surface area contributed by atoms with Crippen molar-refractivity contribution in [3.63, 3.8) is 0 Å². The van der Waals surface area contributed by atoms with E-state index in [-0.39, 0.29) is 29.3 Å². The highest BCUT2D eigenvalue weighted by molar-refractivity contribution is 7.99. The van der Waals surface area contributed by atoms with Crippen molar-refractivity contribution in [3.05, 3.63) is 88.4 Å². The molecule has 1 N–H and O–H groups in total. The third-order valence-electron chi connectivity index (χ3n) is 4.50. The highest BCUT2D eigenvalue weighted by atomic mass is 35.5. The van der Waals surface area contributed by atoms with Crippen molar-refractivity contribution in [2.75, 3.05) is 11.9 Å². The van der Waals surface area contributed by atoms with Gasteiger partial charge in [0, 0.05) is 38.9 Å². The molecule has 0 aliphatic carbocycles. The smallest absolute Gasteiger partial charge is 0.306 e. The van der Waals surface area contributed by atoms with E-state index in [1.165, 1.54) is 18.2 Å². The van der Waals surface area contributed by atoms with E-state index in [9.17, 15) is 14.4 Å². The molecule has 0 aliphatic rings. The zero-order valence-corrected chi connectivity index (χ0v) is 19.9. The summed E-state index contributed by atoms with van der Waals surface area (Å²) in [6.45, 7) is -0.417. The minimum atomic E-state index is -0.552. The van der Waals surface area contributed by atoms with Crippen molar-refractivity contribution in [1.29, 1.82) is 0 Å². The molecular formula is C25H21Cl2NO4S. The van der Waals surface area contributed by atoms with Gasteiger partial charge in [0.1, 0.15) is 0 Å². The number of nitrogens with one attached hydrogen (secondary N) is 1. The van der Waals surface area contributed by atoms with Gasteiger partial charge in [-0.3, -0.25) is 14.4 Å². The lowest BCUT2D eigenvalue weighted by atomic mass is 10.1. The van der Waals surface area contributed by atoms with Gasteiger partial charge in [0.15, 0.2) is 6.61 Å². The molecule has 0 bridgehead atoms. The van der Waals surface area contributed by atoms with E-state index in [1.807, 2.05) is 54.6 Å². The van der Waals surface area contributed by atoms with Crippen LogP contribution in [0.1, 0.15) is 29.6 Å². The first kappa shape index (κ1) is 24.8. The van der Waals surface area contributed by atoms with Crippen LogP contribution in [0.4, 0.5) is 5.69 Å². The van der Waals surface area contributed by atoms with Crippen LogP contribution < -0.4 is 5.32 Å². The molecular weight excluding hydrogens is 481 g/mol. The molecule has 0 atom stereocenters. The van der Waals surface area contributed by atoms with Crippen LogP contribution >= 0.6 is 35.0 Å². The molecule has 3 rings (SSSR count). The third kappa shape index (κ3) is 8.24. The van der Waals surface area contributed by atoms with Crippen LogP contribution in [0.5, 0.6) is 0 Å². The van der Waals surface area contributed by atoms with E-state index in [0.717, 1.165) is 9.79 Å². The number of esters is 1. The molecule has 0 fully saturated rings. The van der Waals surface area contributed by atoms with E-state index in [0.29, 0.717) is 17.1 Å². The van der Waals surface area contributed by atoms with Gasteiger partial charge in [0.25, 0.3) is 0 Å². The number of rotatable bonds is 10. The van der Waals surface area contributed by atoms with Crippen molar-refractivity contribution >= 4 is 58.3 Å². The maximum absolute atomic E-state index is 12.1. The lowest BCUT2D eigenvalue weighted by molar-refractivity contribution is -0.142. The molecule has 0 saturated heterocycles. The van der Waals surface area contributed by atoms with E-state index >= 15 is 0 Å². The summed E-state index contributed by atoms with van der Waals surface area (Å²) in [7, 11) is 0. The summed E-state index contributed by atoms with van der Waals surface area (Å²) < 4.78 is 4.99. The second-order valence-corrected chi connectivity index (χ2v) is 9.04. The average molecular weight is 502 g/mol. The summed E-state index contributed by atoms with van der Waals surface area (Å²) >= 11 is 13.4. The van der Waals surface area contributed by atoms with Crippen LogP contribution in [0.25, 0.3) is 0 Å². The van der Waals surface area contributed by atoms with Gasteiger partial charge in [0.2, 0.25) is 11.7 Å². The van der Waals surface area contributed by atoms with Crippen molar-refractivity contribution in [2.24, 2.45) is 0 Å². The number of amides is 1. The molecule has 0 aliphatic heterocycles. The molecule has 0 heterocycles. The molecule has 5 nitrogen and oxygen atoms in total. The number of ether oxygens (including phenoxy) is 1. The lowest BCUT2D eigenvalue weighted by Gasteiger charge is -2.08. The van der Waals surface area contributed by atoms with Crippen molar-refractivity contribution in [1.82, 2.24) is 0 Å². The molecule has 8 heteroatoms. The molecule has 33 heavy (non-hydrogen) atoms. The Kier molecular flexibility index (Phi) is 9.36. The summed E-state index contributed by atoms with van der Waals surface area (Å²) in [6.07, 6.45) is 0.497. The summed E-state index contributed by atoms with van der Waals surface area (Å²) in [6, 6.07) is 22.0. The number of benzene rings is 3. The summed E-state index contributed by atoms with van der Waals surface area (Å²) in [5.41, 5.74) is 0.923. The Morgan fingerprint density at radius 3 is 2.24 bits per heavy atom. The maximum atomic E-state index is 12.1. The zero-order chi connectivity index (χ0) is 23.6. The fraction of sp³-hybridized carbons (Fsp3) is 0.160. The van der Waals surface area contributed by atoms with Gasteiger partial charge in [0.05, 0.1) is 5.02 Å². The number of hydrogen-bond acceptors (Lipinski definition) is 5. The standard InChI is InChI=1S/C25H21Cl2NO4S/c26-17-9-14-21(22(27)15-17)23(29)16-32-25(31)8-4-7-24(30)28-18-10-12-20(13-11-18)33-19-5-2-1-3-6-19/h1-3,5-6,9-15H,4,7-8,16H2,(H,28,30). The fourth-order valence-corrected chi connectivity index (χ4v) is 4.21. The molecule has 0 aromatic heterocycles. The third-order valence-corrected chi connectivity index (χ3v) is 6.06. The molecule has 0 unspecified atom stereocenters. The summed E-state index contributed by atoms with van der Waals surface area (Å²) in [4.78, 5) is 38.3. The summed E-state index contributed by atoms with van der Waals surface area (Å²) in [5, 5.41) is 3.42. The van der Waals surface area contributed by atoms with E-state index in [1.54, 1.807) is 11.8 Å². The first-order valence-electron chi connectivity index (χ1n) is 10.2. The van der Waals surface area contributed by atoms with E-state index in [2.05, 4.69) is 5.32 Å². The Labute approximate surface area is 206 Å². The Bertz CT molecular complexity index is 1120. The normalized spacial score (nSPS) is 10.5. The highest BCUT2D eigenvalue weighted by Gasteiger charge is 2.14. The number of anilines is 1. The van der Waals surface area contributed by atoms with Crippen LogP contribution in [0.15, 0.2) is 82.6 Å². The largest absolute Gasteiger partial charge is 0.457 e. The molecule has 1 amide bonds. The van der Waals surface area contributed by atoms with Gasteiger partial charge < -0.3 is 10.1 Å². The van der Waals surface area contributed by atoms with E-state index in [4.69, 9.17) is 27.9 Å². The van der Waals surface area contributed by atoms with Crippen LogP contribution in [0.2, 0.25) is 10.0 Å². The Balaban J connectivity index is 1.35. The van der Waals surface area contributed by atoms with E-state index < -0.39 is 18.4 Å². The van der Waals surface area contributed by atoms with Gasteiger partial charge in [-0.05, 0) is 61.0 Å². The Morgan fingerprint density at radius 2 is 1.55 bits per heavy atom. The van der Waals surface area contributed by atoms with Crippen LogP contribution in [0.3, 0.4) is 0 Å². The topological polar surface area (TPSA) is 72.5 Å². The fourth-order valence-electron chi connectivity index (χ4n) is 2.86. The number of ketones is 1. The first-order valence-corrected chi connectivity index (χ1v) is 11.7. The SMILES string of the molecule is O=C(CCCC(=O)OCC(=O)c1ccc(Cl)cc1Cl)Nc1ccc(Sc2ccccc2)cc1. The van der Waals surface area contributed by atoms with Gasteiger partial charge in [-0.15, -0.1) is 0 Å². The predicted octanol–water partition coefficient (Wildman–Crippen LogP) is 6.68. The van der Waals surface area contributed by atoms with Crippen LogP contribution in [0, 0.1) is 0 Å². The molecule has 0 saturated carbocycles.